The molecular formula is C28H27Cl3N4O3. The minimum absolute atomic E-state index is 0.130. The molecule has 0 saturated carbocycles. The van der Waals surface area contributed by atoms with E-state index in [0.717, 1.165) is 42.6 Å². The van der Waals surface area contributed by atoms with Gasteiger partial charge in [0.25, 0.3) is 5.91 Å². The van der Waals surface area contributed by atoms with Crippen molar-refractivity contribution in [3.63, 3.8) is 0 Å². The predicted molar refractivity (Wildman–Crippen MR) is 150 cm³/mol. The number of nitrogens with zero attached hydrogens (tertiary/aromatic N) is 4. The maximum absolute atomic E-state index is 13.6. The molecule has 1 saturated heterocycles. The molecule has 0 bridgehead atoms. The number of likely N-dealkylation sites (tertiary alicyclic amines) is 1. The summed E-state index contributed by atoms with van der Waals surface area (Å²) in [4.78, 5) is 36.1. The molecule has 2 aliphatic rings. The van der Waals surface area contributed by atoms with Gasteiger partial charge in [0.1, 0.15) is 17.4 Å². The highest BCUT2D eigenvalue weighted by Crippen LogP contribution is 2.39. The Kier molecular flexibility index (Phi) is 8.09. The van der Waals surface area contributed by atoms with Crippen LogP contribution >= 0.6 is 34.8 Å². The maximum atomic E-state index is 13.6. The van der Waals surface area contributed by atoms with E-state index in [1.54, 1.807) is 36.3 Å². The molecule has 1 unspecified atom stereocenters. The standard InChI is InChI=1S/C28H27Cl3N4O3/c1-33(27(36)16-35-23-12-21(29)22(30)13-25(23)38-17-28(35)37)24(15-34-10-2-3-11-34)19-6-4-18(5-7-19)20-8-9-26(31)32-14-20/h4-9,12-14,24H,2-3,10-11,15-17H2,1H3. The number of rotatable bonds is 7. The van der Waals surface area contributed by atoms with Gasteiger partial charge in [-0.25, -0.2) is 4.98 Å². The fraction of sp³-hybridized carbons (Fsp3) is 0.321. The van der Waals surface area contributed by atoms with Gasteiger partial charge in [0.2, 0.25) is 5.91 Å². The summed E-state index contributed by atoms with van der Waals surface area (Å²) in [6, 6.07) is 14.8. The molecule has 1 aromatic heterocycles. The SMILES string of the molecule is CN(C(=O)CN1C(=O)COc2cc(Cl)c(Cl)cc21)C(CN1CCCC1)c1ccc(-c2ccc(Cl)nc2)cc1. The third-order valence-corrected chi connectivity index (χ3v) is 8.03. The summed E-state index contributed by atoms with van der Waals surface area (Å²) in [5, 5.41) is 1.06. The number of benzene rings is 2. The molecule has 2 aromatic carbocycles. The summed E-state index contributed by atoms with van der Waals surface area (Å²) >= 11 is 18.3. The van der Waals surface area contributed by atoms with E-state index >= 15 is 0 Å². The Morgan fingerprint density at radius 3 is 2.39 bits per heavy atom. The molecule has 3 heterocycles. The van der Waals surface area contributed by atoms with E-state index in [4.69, 9.17) is 39.5 Å². The molecule has 0 spiro atoms. The second kappa shape index (κ2) is 11.5. The summed E-state index contributed by atoms with van der Waals surface area (Å²) in [7, 11) is 1.79. The highest BCUT2D eigenvalue weighted by Gasteiger charge is 2.32. The Labute approximate surface area is 236 Å². The molecule has 3 aromatic rings. The molecule has 2 amide bonds. The first-order chi connectivity index (χ1) is 18.3. The predicted octanol–water partition coefficient (Wildman–Crippen LogP) is 5.73. The Bertz CT molecular complexity index is 1330. The number of carbonyl (C=O) groups excluding carboxylic acids is 2. The lowest BCUT2D eigenvalue weighted by molar-refractivity contribution is -0.133. The van der Waals surface area contributed by atoms with Crippen LogP contribution in [0.3, 0.4) is 0 Å². The maximum Gasteiger partial charge on any atom is 0.265 e. The van der Waals surface area contributed by atoms with Crippen molar-refractivity contribution in [3.05, 3.63) is 75.5 Å². The number of amides is 2. The van der Waals surface area contributed by atoms with Crippen molar-refractivity contribution in [1.29, 1.82) is 0 Å². The minimum atomic E-state index is -0.311. The van der Waals surface area contributed by atoms with Crippen LogP contribution in [0.2, 0.25) is 15.2 Å². The van der Waals surface area contributed by atoms with Crippen LogP contribution in [-0.4, -0.2) is 66.4 Å². The lowest BCUT2D eigenvalue weighted by Crippen LogP contribution is -2.47. The summed E-state index contributed by atoms with van der Waals surface area (Å²) in [5.41, 5.74) is 3.43. The van der Waals surface area contributed by atoms with E-state index < -0.39 is 0 Å². The lowest BCUT2D eigenvalue weighted by Gasteiger charge is -2.35. The van der Waals surface area contributed by atoms with Gasteiger partial charge in [0.15, 0.2) is 6.61 Å². The van der Waals surface area contributed by atoms with Gasteiger partial charge in [-0.3, -0.25) is 14.5 Å². The molecule has 198 valence electrons. The van der Waals surface area contributed by atoms with Crippen LogP contribution in [0.5, 0.6) is 5.75 Å². The molecule has 1 fully saturated rings. The van der Waals surface area contributed by atoms with Crippen LogP contribution in [0.4, 0.5) is 5.69 Å². The number of carbonyl (C=O) groups is 2. The minimum Gasteiger partial charge on any atom is -0.482 e. The number of fused-ring (bicyclic) bond motifs is 1. The zero-order chi connectivity index (χ0) is 26.8. The monoisotopic (exact) mass is 572 g/mol. The molecule has 10 heteroatoms. The van der Waals surface area contributed by atoms with Gasteiger partial charge in [-0.15, -0.1) is 0 Å². The third-order valence-electron chi connectivity index (χ3n) is 7.09. The number of likely N-dealkylation sites (N-methyl/N-ethyl adjacent to an activating group) is 1. The van der Waals surface area contributed by atoms with E-state index in [2.05, 4.69) is 9.88 Å². The molecule has 7 nitrogen and oxygen atoms in total. The highest BCUT2D eigenvalue weighted by atomic mass is 35.5. The van der Waals surface area contributed by atoms with Crippen molar-refractivity contribution in [1.82, 2.24) is 14.8 Å². The van der Waals surface area contributed by atoms with E-state index in [1.165, 1.54) is 4.90 Å². The molecule has 38 heavy (non-hydrogen) atoms. The molecule has 1 atom stereocenters. The van der Waals surface area contributed by atoms with E-state index in [9.17, 15) is 9.59 Å². The fourth-order valence-electron chi connectivity index (χ4n) is 4.90. The normalized spacial score (nSPS) is 16.2. The van der Waals surface area contributed by atoms with Crippen molar-refractivity contribution >= 4 is 52.3 Å². The Morgan fingerprint density at radius 1 is 1.03 bits per heavy atom. The molecule has 0 N–H and O–H groups in total. The average Bonchev–Trinajstić information content (AvgIpc) is 3.44. The first kappa shape index (κ1) is 26.8. The van der Waals surface area contributed by atoms with Crippen molar-refractivity contribution in [3.8, 4) is 16.9 Å². The first-order valence-corrected chi connectivity index (χ1v) is 13.6. The molecular weight excluding hydrogens is 547 g/mol. The molecule has 0 radical (unpaired) electrons. The molecule has 2 aliphatic heterocycles. The van der Waals surface area contributed by atoms with Crippen LogP contribution < -0.4 is 9.64 Å². The van der Waals surface area contributed by atoms with Gasteiger partial charge < -0.3 is 14.5 Å². The number of hydrogen-bond acceptors (Lipinski definition) is 5. The second-order valence-electron chi connectivity index (χ2n) is 9.52. The molecule has 0 aliphatic carbocycles. The van der Waals surface area contributed by atoms with E-state index in [-0.39, 0.29) is 36.0 Å². The summed E-state index contributed by atoms with van der Waals surface area (Å²) in [6.45, 7) is 2.41. The Hall–Kier alpha value is -2.84. The van der Waals surface area contributed by atoms with E-state index in [1.807, 2.05) is 30.3 Å². The van der Waals surface area contributed by atoms with Gasteiger partial charge in [-0.2, -0.15) is 0 Å². The Balaban J connectivity index is 1.39. The van der Waals surface area contributed by atoms with Crippen molar-refractivity contribution in [2.45, 2.75) is 18.9 Å². The zero-order valence-electron chi connectivity index (χ0n) is 20.9. The smallest absolute Gasteiger partial charge is 0.265 e. The van der Waals surface area contributed by atoms with E-state index in [0.29, 0.717) is 28.2 Å². The number of aromatic nitrogens is 1. The topological polar surface area (TPSA) is 66.0 Å². The fourth-order valence-corrected chi connectivity index (χ4v) is 5.32. The first-order valence-electron chi connectivity index (χ1n) is 12.4. The van der Waals surface area contributed by atoms with Crippen molar-refractivity contribution in [2.24, 2.45) is 0 Å². The number of anilines is 1. The van der Waals surface area contributed by atoms with Crippen molar-refractivity contribution in [2.75, 3.05) is 44.7 Å². The third kappa shape index (κ3) is 5.76. The van der Waals surface area contributed by atoms with Crippen LogP contribution in [0.25, 0.3) is 11.1 Å². The average molecular weight is 574 g/mol. The van der Waals surface area contributed by atoms with Gasteiger partial charge in [0, 0.05) is 31.4 Å². The Morgan fingerprint density at radius 2 is 1.71 bits per heavy atom. The largest absolute Gasteiger partial charge is 0.482 e. The van der Waals surface area contributed by atoms with Crippen LogP contribution in [-0.2, 0) is 9.59 Å². The van der Waals surface area contributed by atoms with Crippen LogP contribution in [0.15, 0.2) is 54.7 Å². The van der Waals surface area contributed by atoms with Crippen molar-refractivity contribution < 1.29 is 14.3 Å². The van der Waals surface area contributed by atoms with Crippen LogP contribution in [0.1, 0.15) is 24.4 Å². The quantitative estimate of drug-likeness (QED) is 0.338. The second-order valence-corrected chi connectivity index (χ2v) is 10.7. The summed E-state index contributed by atoms with van der Waals surface area (Å²) < 4.78 is 5.53. The number of pyridine rings is 1. The molecule has 5 rings (SSSR count). The zero-order valence-corrected chi connectivity index (χ0v) is 23.1. The highest BCUT2D eigenvalue weighted by molar-refractivity contribution is 6.42. The van der Waals surface area contributed by atoms with Gasteiger partial charge in [0.05, 0.1) is 21.8 Å². The lowest BCUT2D eigenvalue weighted by atomic mass is 10.00. The summed E-state index contributed by atoms with van der Waals surface area (Å²) in [5.74, 6) is -0.0718. The number of hydrogen-bond donors (Lipinski definition) is 0. The number of halogens is 3. The van der Waals surface area contributed by atoms with Gasteiger partial charge >= 0.3 is 0 Å². The van der Waals surface area contributed by atoms with Crippen LogP contribution in [0, 0.1) is 0 Å². The summed E-state index contributed by atoms with van der Waals surface area (Å²) in [6.07, 6.45) is 4.04. The van der Waals surface area contributed by atoms with Gasteiger partial charge in [-0.05, 0) is 55.3 Å². The number of ether oxygens (including phenoxy) is 1. The van der Waals surface area contributed by atoms with Gasteiger partial charge in [-0.1, -0.05) is 59.1 Å².